The Bertz CT molecular complexity index is 1300. The number of carbonyl (C=O) groups excluding carboxylic acids is 1. The molecule has 34 heavy (non-hydrogen) atoms. The van der Waals surface area contributed by atoms with E-state index in [-0.39, 0.29) is 12.5 Å². The number of benzene rings is 3. The molecular formula is C26H24ClN3O4. The lowest BCUT2D eigenvalue weighted by Crippen LogP contribution is -2.22. The fourth-order valence-corrected chi connectivity index (χ4v) is 3.73. The van der Waals surface area contributed by atoms with E-state index >= 15 is 0 Å². The van der Waals surface area contributed by atoms with Crippen molar-refractivity contribution in [3.63, 3.8) is 0 Å². The monoisotopic (exact) mass is 477 g/mol. The van der Waals surface area contributed by atoms with Crippen molar-refractivity contribution in [1.82, 2.24) is 15.5 Å². The Hall–Kier alpha value is -3.84. The van der Waals surface area contributed by atoms with Gasteiger partial charge in [-0.25, -0.2) is 0 Å². The van der Waals surface area contributed by atoms with Crippen LogP contribution in [0.15, 0.2) is 65.1 Å². The molecule has 0 aliphatic carbocycles. The zero-order valence-electron chi connectivity index (χ0n) is 19.1. The van der Waals surface area contributed by atoms with Crippen LogP contribution in [-0.2, 0) is 6.54 Å². The van der Waals surface area contributed by atoms with Crippen LogP contribution in [0.25, 0.3) is 22.9 Å². The maximum absolute atomic E-state index is 12.6. The van der Waals surface area contributed by atoms with Crippen molar-refractivity contribution in [2.24, 2.45) is 0 Å². The molecule has 0 saturated carbocycles. The topological polar surface area (TPSA) is 86.5 Å². The molecule has 1 aromatic heterocycles. The van der Waals surface area contributed by atoms with Crippen LogP contribution in [-0.4, -0.2) is 29.8 Å². The second-order valence-corrected chi connectivity index (χ2v) is 7.99. The van der Waals surface area contributed by atoms with E-state index in [1.54, 1.807) is 43.5 Å². The van der Waals surface area contributed by atoms with Crippen LogP contribution in [0.5, 0.6) is 11.5 Å². The fourth-order valence-electron chi connectivity index (χ4n) is 3.44. The lowest BCUT2D eigenvalue weighted by molar-refractivity contribution is 0.0951. The first kappa shape index (κ1) is 23.3. The minimum Gasteiger partial charge on any atom is -0.493 e. The maximum atomic E-state index is 12.6. The van der Waals surface area contributed by atoms with Gasteiger partial charge in [0, 0.05) is 23.2 Å². The largest absolute Gasteiger partial charge is 0.493 e. The molecule has 1 N–H and O–H groups in total. The Morgan fingerprint density at radius 1 is 1.03 bits per heavy atom. The van der Waals surface area contributed by atoms with E-state index in [1.807, 2.05) is 38.1 Å². The molecule has 0 atom stereocenters. The number of carbonyl (C=O) groups is 1. The molecule has 4 aromatic rings. The highest BCUT2D eigenvalue weighted by molar-refractivity contribution is 6.32. The van der Waals surface area contributed by atoms with Gasteiger partial charge in [0.2, 0.25) is 11.8 Å². The number of rotatable bonds is 8. The second kappa shape index (κ2) is 10.4. The summed E-state index contributed by atoms with van der Waals surface area (Å²) >= 11 is 6.31. The Balaban J connectivity index is 1.43. The van der Waals surface area contributed by atoms with Gasteiger partial charge in [-0.1, -0.05) is 29.3 Å². The summed E-state index contributed by atoms with van der Waals surface area (Å²) in [7, 11) is 1.55. The van der Waals surface area contributed by atoms with Crippen LogP contribution < -0.4 is 14.8 Å². The van der Waals surface area contributed by atoms with Crippen LogP contribution >= 0.6 is 11.6 Å². The van der Waals surface area contributed by atoms with Gasteiger partial charge in [-0.05, 0) is 67.9 Å². The van der Waals surface area contributed by atoms with Crippen molar-refractivity contribution in [2.45, 2.75) is 20.4 Å². The van der Waals surface area contributed by atoms with Gasteiger partial charge in [-0.2, -0.15) is 0 Å². The predicted molar refractivity (Wildman–Crippen MR) is 130 cm³/mol. The molecule has 7 nitrogen and oxygen atoms in total. The molecule has 174 valence electrons. The highest BCUT2D eigenvalue weighted by Crippen LogP contribution is 2.36. The third-order valence-electron chi connectivity index (χ3n) is 5.12. The van der Waals surface area contributed by atoms with Gasteiger partial charge in [0.25, 0.3) is 5.91 Å². The van der Waals surface area contributed by atoms with Gasteiger partial charge in [0.05, 0.1) is 18.7 Å². The summed E-state index contributed by atoms with van der Waals surface area (Å²) in [5, 5.41) is 11.6. The predicted octanol–water partition coefficient (Wildman–Crippen LogP) is 5.70. The number of nitrogens with zero attached hydrogens (tertiary/aromatic N) is 2. The highest BCUT2D eigenvalue weighted by atomic mass is 35.5. The van der Waals surface area contributed by atoms with Crippen molar-refractivity contribution < 1.29 is 18.7 Å². The minimum absolute atomic E-state index is 0.221. The standard InChI is InChI=1S/C26H24ClN3O4/c1-4-33-23-21(27)13-17(14-22(23)32-3)15-28-24(31)18-8-10-19(11-9-18)25-29-30-26(34-25)20-7-5-6-16(2)12-20/h5-14H,4,15H2,1-3H3,(H,28,31). The first-order chi connectivity index (χ1) is 16.5. The highest BCUT2D eigenvalue weighted by Gasteiger charge is 2.14. The first-order valence-corrected chi connectivity index (χ1v) is 11.1. The molecule has 0 unspecified atom stereocenters. The zero-order valence-corrected chi connectivity index (χ0v) is 19.8. The average molecular weight is 478 g/mol. The van der Waals surface area contributed by atoms with E-state index < -0.39 is 0 Å². The number of hydrogen-bond acceptors (Lipinski definition) is 6. The van der Waals surface area contributed by atoms with Crippen LogP contribution in [0, 0.1) is 6.92 Å². The second-order valence-electron chi connectivity index (χ2n) is 7.58. The number of aromatic nitrogens is 2. The summed E-state index contributed by atoms with van der Waals surface area (Å²) in [4.78, 5) is 12.6. The lowest BCUT2D eigenvalue weighted by atomic mass is 10.1. The molecule has 1 heterocycles. The van der Waals surface area contributed by atoms with Crippen molar-refractivity contribution in [3.05, 3.63) is 82.4 Å². The van der Waals surface area contributed by atoms with Crippen molar-refractivity contribution >= 4 is 17.5 Å². The van der Waals surface area contributed by atoms with E-state index in [0.717, 1.165) is 22.3 Å². The molecule has 0 radical (unpaired) electrons. The van der Waals surface area contributed by atoms with E-state index in [0.29, 0.717) is 40.5 Å². The van der Waals surface area contributed by atoms with Crippen molar-refractivity contribution in [3.8, 4) is 34.4 Å². The zero-order chi connectivity index (χ0) is 24.1. The number of halogens is 1. The third kappa shape index (κ3) is 5.21. The number of amides is 1. The summed E-state index contributed by atoms with van der Waals surface area (Å²) in [5.41, 5.74) is 4.00. The van der Waals surface area contributed by atoms with Crippen LogP contribution in [0.1, 0.15) is 28.4 Å². The SMILES string of the molecule is CCOc1c(Cl)cc(CNC(=O)c2ccc(-c3nnc(-c4cccc(C)c4)o3)cc2)cc1OC. The van der Waals surface area contributed by atoms with E-state index in [4.69, 9.17) is 25.5 Å². The number of ether oxygens (including phenoxy) is 2. The molecule has 0 aliphatic heterocycles. The van der Waals surface area contributed by atoms with Crippen molar-refractivity contribution in [1.29, 1.82) is 0 Å². The number of nitrogens with one attached hydrogen (secondary N) is 1. The van der Waals surface area contributed by atoms with Crippen LogP contribution in [0.2, 0.25) is 5.02 Å². The molecule has 0 saturated heterocycles. The van der Waals surface area contributed by atoms with Gasteiger partial charge in [0.15, 0.2) is 11.5 Å². The van der Waals surface area contributed by atoms with Crippen LogP contribution in [0.3, 0.4) is 0 Å². The normalized spacial score (nSPS) is 10.7. The van der Waals surface area contributed by atoms with Gasteiger partial charge in [-0.15, -0.1) is 10.2 Å². The van der Waals surface area contributed by atoms with Crippen molar-refractivity contribution in [2.75, 3.05) is 13.7 Å². The summed E-state index contributed by atoms with van der Waals surface area (Å²) in [6, 6.07) is 18.4. The molecular weight excluding hydrogens is 454 g/mol. The Morgan fingerprint density at radius 3 is 2.44 bits per heavy atom. The molecule has 0 bridgehead atoms. The van der Waals surface area contributed by atoms with Gasteiger partial charge < -0.3 is 19.2 Å². The molecule has 4 rings (SSSR count). The fraction of sp³-hybridized carbons (Fsp3) is 0.192. The summed E-state index contributed by atoms with van der Waals surface area (Å²) in [6.45, 7) is 4.63. The summed E-state index contributed by atoms with van der Waals surface area (Å²) in [5.74, 6) is 1.63. The average Bonchev–Trinajstić information content (AvgIpc) is 3.34. The molecule has 8 heteroatoms. The van der Waals surface area contributed by atoms with Crippen LogP contribution in [0.4, 0.5) is 0 Å². The maximum Gasteiger partial charge on any atom is 0.251 e. The Kier molecular flexibility index (Phi) is 7.13. The summed E-state index contributed by atoms with van der Waals surface area (Å²) in [6.07, 6.45) is 0. The Morgan fingerprint density at radius 2 is 1.76 bits per heavy atom. The van der Waals surface area contributed by atoms with E-state index in [1.165, 1.54) is 0 Å². The number of hydrogen-bond donors (Lipinski definition) is 1. The molecule has 1 amide bonds. The number of methoxy groups -OCH3 is 1. The molecule has 0 aliphatic rings. The smallest absolute Gasteiger partial charge is 0.251 e. The molecule has 3 aromatic carbocycles. The Labute approximate surface area is 202 Å². The third-order valence-corrected chi connectivity index (χ3v) is 5.40. The minimum atomic E-state index is -0.221. The summed E-state index contributed by atoms with van der Waals surface area (Å²) < 4.78 is 16.7. The van der Waals surface area contributed by atoms with Gasteiger partial charge in [0.1, 0.15) is 0 Å². The first-order valence-electron chi connectivity index (χ1n) is 10.8. The van der Waals surface area contributed by atoms with Gasteiger partial charge >= 0.3 is 0 Å². The number of aryl methyl sites for hydroxylation is 1. The van der Waals surface area contributed by atoms with E-state index in [2.05, 4.69) is 15.5 Å². The van der Waals surface area contributed by atoms with Gasteiger partial charge in [-0.3, -0.25) is 4.79 Å². The quantitative estimate of drug-likeness (QED) is 0.350. The lowest BCUT2D eigenvalue weighted by Gasteiger charge is -2.13. The van der Waals surface area contributed by atoms with E-state index in [9.17, 15) is 4.79 Å². The molecule has 0 spiro atoms. The molecule has 0 fully saturated rings.